The molecule has 6 N–H and O–H groups in total. The standard InChI is InChI=1S/C20H17BrN10O/c1-32-14-3-2-10(4-11(14)7-31-8-12(21)6-27-31)17-15-16(24)13(5-22)18(25)29-19(15)30-20(28-17)26-9-23/h2-4,6,8,17H,7H2,1H3,(H6,24,25,26,28,29,30). The first-order chi connectivity index (χ1) is 15.4. The van der Waals surface area contributed by atoms with Crippen molar-refractivity contribution in [3.8, 4) is 18.0 Å². The number of nitrogen functional groups attached to an aromatic ring is 2. The highest BCUT2D eigenvalue weighted by atomic mass is 79.9. The third-order valence-corrected chi connectivity index (χ3v) is 5.32. The molecule has 3 aromatic rings. The van der Waals surface area contributed by atoms with Gasteiger partial charge in [-0.3, -0.25) is 10.00 Å². The molecule has 0 spiro atoms. The molecule has 1 atom stereocenters. The highest BCUT2D eigenvalue weighted by molar-refractivity contribution is 9.10. The van der Waals surface area contributed by atoms with Crippen LogP contribution in [0.4, 0.5) is 17.3 Å². The Morgan fingerprint density at radius 3 is 2.81 bits per heavy atom. The van der Waals surface area contributed by atoms with Crippen molar-refractivity contribution in [2.75, 3.05) is 23.9 Å². The minimum absolute atomic E-state index is 0.00659. The Balaban J connectivity index is 1.86. The van der Waals surface area contributed by atoms with Crippen molar-refractivity contribution in [1.82, 2.24) is 20.1 Å². The summed E-state index contributed by atoms with van der Waals surface area (Å²) in [7, 11) is 1.59. The summed E-state index contributed by atoms with van der Waals surface area (Å²) in [5.41, 5.74) is 14.6. The fourth-order valence-electron chi connectivity index (χ4n) is 3.51. The molecule has 1 aromatic carbocycles. The van der Waals surface area contributed by atoms with Gasteiger partial charge in [0.05, 0.1) is 30.0 Å². The maximum absolute atomic E-state index is 9.48. The molecule has 32 heavy (non-hydrogen) atoms. The smallest absolute Gasteiger partial charge is 0.211 e. The van der Waals surface area contributed by atoms with Crippen LogP contribution in [0.3, 0.4) is 0 Å². The third-order valence-electron chi connectivity index (χ3n) is 4.91. The van der Waals surface area contributed by atoms with Gasteiger partial charge in [-0.2, -0.15) is 15.6 Å². The predicted octanol–water partition coefficient (Wildman–Crippen LogP) is 2.08. The summed E-state index contributed by atoms with van der Waals surface area (Å²) < 4.78 is 8.14. The number of rotatable bonds is 4. The molecule has 0 bridgehead atoms. The van der Waals surface area contributed by atoms with Gasteiger partial charge in [0, 0.05) is 17.3 Å². The molecule has 0 aliphatic carbocycles. The van der Waals surface area contributed by atoms with E-state index in [-0.39, 0.29) is 23.0 Å². The average Bonchev–Trinajstić information content (AvgIpc) is 3.18. The molecule has 11 nitrogen and oxygen atoms in total. The minimum atomic E-state index is -0.642. The number of nitrogens with one attached hydrogen (secondary N) is 2. The van der Waals surface area contributed by atoms with Gasteiger partial charge in [-0.15, -0.1) is 0 Å². The first kappa shape index (κ1) is 21.0. The Kier molecular flexibility index (Phi) is 5.54. The number of pyridine rings is 1. The summed E-state index contributed by atoms with van der Waals surface area (Å²) in [6.45, 7) is 0.451. The van der Waals surface area contributed by atoms with E-state index in [9.17, 15) is 5.26 Å². The van der Waals surface area contributed by atoms with Crippen molar-refractivity contribution in [1.29, 1.82) is 10.5 Å². The lowest BCUT2D eigenvalue weighted by atomic mass is 9.94. The molecule has 0 radical (unpaired) electrons. The Hall–Kier alpha value is -4.29. The first-order valence-electron chi connectivity index (χ1n) is 9.28. The SMILES string of the molecule is COc1ccc(C2N=C(NC#N)Nc3nc(N)c(C#N)c(N)c32)cc1Cn1cc(Br)cn1. The molecule has 1 unspecified atom stereocenters. The van der Waals surface area contributed by atoms with Gasteiger partial charge in [0.15, 0.2) is 6.19 Å². The summed E-state index contributed by atoms with van der Waals surface area (Å²) in [5.74, 6) is 1.18. The van der Waals surface area contributed by atoms with E-state index >= 15 is 0 Å². The van der Waals surface area contributed by atoms with Gasteiger partial charge < -0.3 is 21.5 Å². The van der Waals surface area contributed by atoms with E-state index in [4.69, 9.17) is 21.5 Å². The number of aromatic nitrogens is 3. The minimum Gasteiger partial charge on any atom is -0.496 e. The van der Waals surface area contributed by atoms with E-state index in [2.05, 4.69) is 41.6 Å². The number of nitrogens with two attached hydrogens (primary N) is 2. The number of anilines is 3. The number of guanidine groups is 1. The Morgan fingerprint density at radius 1 is 1.34 bits per heavy atom. The molecule has 2 aromatic heterocycles. The summed E-state index contributed by atoms with van der Waals surface area (Å²) >= 11 is 3.39. The van der Waals surface area contributed by atoms with Crippen LogP contribution in [0.1, 0.15) is 28.3 Å². The molecule has 4 rings (SSSR count). The zero-order valence-corrected chi connectivity index (χ0v) is 18.4. The number of hydrogen-bond acceptors (Lipinski definition) is 10. The van der Waals surface area contributed by atoms with Gasteiger partial charge in [0.2, 0.25) is 5.96 Å². The van der Waals surface area contributed by atoms with Gasteiger partial charge in [-0.1, -0.05) is 6.07 Å². The number of nitrogens with zero attached hydrogens (tertiary/aromatic N) is 6. The van der Waals surface area contributed by atoms with E-state index in [1.807, 2.05) is 36.7 Å². The van der Waals surface area contributed by atoms with Crippen molar-refractivity contribution in [3.05, 3.63) is 57.3 Å². The summed E-state index contributed by atoms with van der Waals surface area (Å²) in [6.07, 6.45) is 5.38. The topological polar surface area (TPSA) is 176 Å². The zero-order valence-electron chi connectivity index (χ0n) is 16.8. The second-order valence-corrected chi connectivity index (χ2v) is 7.74. The van der Waals surface area contributed by atoms with Crippen molar-refractivity contribution in [3.63, 3.8) is 0 Å². The van der Waals surface area contributed by atoms with E-state index in [0.717, 1.165) is 15.6 Å². The summed E-state index contributed by atoms with van der Waals surface area (Å²) in [5, 5.41) is 28.2. The van der Waals surface area contributed by atoms with E-state index in [1.165, 1.54) is 0 Å². The van der Waals surface area contributed by atoms with Gasteiger partial charge in [-0.05, 0) is 33.6 Å². The van der Waals surface area contributed by atoms with Crippen LogP contribution >= 0.6 is 15.9 Å². The van der Waals surface area contributed by atoms with Crippen LogP contribution in [-0.2, 0) is 6.54 Å². The zero-order chi connectivity index (χ0) is 22.8. The monoisotopic (exact) mass is 492 g/mol. The van der Waals surface area contributed by atoms with E-state index in [1.54, 1.807) is 18.0 Å². The average molecular weight is 493 g/mol. The largest absolute Gasteiger partial charge is 0.496 e. The van der Waals surface area contributed by atoms with Gasteiger partial charge in [-0.25, -0.2) is 9.98 Å². The Labute approximate surface area is 191 Å². The van der Waals surface area contributed by atoms with Gasteiger partial charge in [0.1, 0.15) is 35.1 Å². The van der Waals surface area contributed by atoms with Crippen LogP contribution in [0.15, 0.2) is 40.1 Å². The van der Waals surface area contributed by atoms with Crippen LogP contribution in [0.25, 0.3) is 0 Å². The first-order valence-corrected chi connectivity index (χ1v) is 10.1. The van der Waals surface area contributed by atoms with Gasteiger partial charge in [0.25, 0.3) is 0 Å². The van der Waals surface area contributed by atoms with Crippen molar-refractivity contribution in [2.24, 2.45) is 4.99 Å². The fraction of sp³-hybridized carbons (Fsp3) is 0.150. The fourth-order valence-corrected chi connectivity index (χ4v) is 3.84. The lowest BCUT2D eigenvalue weighted by Crippen LogP contribution is -2.32. The van der Waals surface area contributed by atoms with Crippen LogP contribution in [0.2, 0.25) is 0 Å². The quantitative estimate of drug-likeness (QED) is 0.313. The lowest BCUT2D eigenvalue weighted by molar-refractivity contribution is 0.407. The number of fused-ring (bicyclic) bond motifs is 1. The number of aliphatic imine (C=N–C) groups is 1. The van der Waals surface area contributed by atoms with Crippen molar-refractivity contribution >= 4 is 39.2 Å². The van der Waals surface area contributed by atoms with Crippen LogP contribution in [-0.4, -0.2) is 27.8 Å². The van der Waals surface area contributed by atoms with Crippen LogP contribution in [0, 0.1) is 22.8 Å². The molecule has 12 heteroatoms. The Bertz CT molecular complexity index is 1320. The van der Waals surface area contributed by atoms with Gasteiger partial charge >= 0.3 is 0 Å². The molecule has 0 saturated heterocycles. The highest BCUT2D eigenvalue weighted by Gasteiger charge is 2.30. The maximum Gasteiger partial charge on any atom is 0.211 e. The van der Waals surface area contributed by atoms with Crippen LogP contribution < -0.4 is 26.8 Å². The molecular weight excluding hydrogens is 476 g/mol. The molecule has 0 amide bonds. The molecule has 160 valence electrons. The molecule has 1 aliphatic rings. The summed E-state index contributed by atoms with van der Waals surface area (Å²) in [4.78, 5) is 8.86. The Morgan fingerprint density at radius 2 is 2.16 bits per heavy atom. The van der Waals surface area contributed by atoms with E-state index < -0.39 is 6.04 Å². The van der Waals surface area contributed by atoms with Crippen molar-refractivity contribution in [2.45, 2.75) is 12.6 Å². The maximum atomic E-state index is 9.48. The van der Waals surface area contributed by atoms with E-state index in [0.29, 0.717) is 23.7 Å². The molecule has 0 fully saturated rings. The molecule has 3 heterocycles. The predicted molar refractivity (Wildman–Crippen MR) is 121 cm³/mol. The number of hydrogen-bond donors (Lipinski definition) is 4. The normalized spacial score (nSPS) is 14.4. The molecule has 1 aliphatic heterocycles. The number of methoxy groups -OCH3 is 1. The number of benzene rings is 1. The second kappa shape index (κ2) is 8.45. The highest BCUT2D eigenvalue weighted by Crippen LogP contribution is 2.41. The number of ether oxygens (including phenoxy) is 1. The lowest BCUT2D eigenvalue weighted by Gasteiger charge is -2.26. The summed E-state index contributed by atoms with van der Waals surface area (Å²) in [6, 6.07) is 6.94. The number of halogens is 1. The molecule has 0 saturated carbocycles. The van der Waals surface area contributed by atoms with Crippen LogP contribution in [0.5, 0.6) is 5.75 Å². The molecular formula is C20H17BrN10O. The third kappa shape index (κ3) is 3.75. The second-order valence-electron chi connectivity index (χ2n) is 6.83. The number of nitriles is 2. The van der Waals surface area contributed by atoms with Crippen molar-refractivity contribution < 1.29 is 4.74 Å².